The van der Waals surface area contributed by atoms with E-state index in [1.165, 1.54) is 61.7 Å². The highest BCUT2D eigenvalue weighted by Crippen LogP contribution is 2.30. The van der Waals surface area contributed by atoms with Gasteiger partial charge in [-0.2, -0.15) is 0 Å². The summed E-state index contributed by atoms with van der Waals surface area (Å²) in [5, 5.41) is 16.4. The molecule has 0 aliphatic rings. The summed E-state index contributed by atoms with van der Waals surface area (Å²) in [7, 11) is 11.3. The minimum absolute atomic E-state index is 0.0740. The number of ether oxygens (including phenoxy) is 8. The Labute approximate surface area is 503 Å². The third-order valence-corrected chi connectivity index (χ3v) is 13.1. The lowest BCUT2D eigenvalue weighted by atomic mass is 10.1. The van der Waals surface area contributed by atoms with Crippen LogP contribution >= 0.6 is 58.0 Å². The van der Waals surface area contributed by atoms with Crippen LogP contribution in [-0.2, 0) is 42.7 Å². The Morgan fingerprint density at radius 1 is 0.494 bits per heavy atom. The monoisotopic (exact) mass is 1250 g/mol. The van der Waals surface area contributed by atoms with Crippen molar-refractivity contribution in [2.24, 2.45) is 0 Å². The zero-order valence-electron chi connectivity index (χ0n) is 47.5. The van der Waals surface area contributed by atoms with E-state index in [1.807, 2.05) is 52.0 Å². The second-order valence-corrected chi connectivity index (χ2v) is 19.5. The Kier molecular flexibility index (Phi) is 28.3. The Morgan fingerprint density at radius 3 is 1.34 bits per heavy atom. The van der Waals surface area contributed by atoms with Gasteiger partial charge in [-0.15, -0.1) is 0 Å². The molecule has 0 saturated heterocycles. The van der Waals surface area contributed by atoms with Crippen molar-refractivity contribution in [3.63, 3.8) is 0 Å². The number of aryl methyl sites for hydroxylation is 3. The summed E-state index contributed by atoms with van der Waals surface area (Å²) in [5.74, 6) is -2.87. The van der Waals surface area contributed by atoms with Crippen LogP contribution in [0.2, 0.25) is 25.1 Å². The van der Waals surface area contributed by atoms with Crippen LogP contribution < -0.4 is 11.1 Å². The summed E-state index contributed by atoms with van der Waals surface area (Å²) >= 11 is 29.6. The van der Waals surface area contributed by atoms with Crippen LogP contribution in [0.15, 0.2) is 91.0 Å². The lowest BCUT2D eigenvalue weighted by Gasteiger charge is -2.23. The van der Waals surface area contributed by atoms with E-state index in [-0.39, 0.29) is 28.7 Å². The number of hydrogen-bond acceptors (Lipinski definition) is 16. The third kappa shape index (κ3) is 20.2. The molecule has 0 fully saturated rings. The van der Waals surface area contributed by atoms with Gasteiger partial charge in [-0.05, 0) is 126 Å². The number of nitrogens with two attached hydrogens (primary N) is 1. The standard InChI is InChI=1S/C13H18ClNO4.2C11H10ClNO2.C10H8ClNO2.C8H8ClNO2.C5H10O3/c1-8(13(18-3)19-4)15-9-5-6-10(11(14)7-9)12(16)17-2;1-6-3-7-4-8(11(14)15-2)9(12)5-10(7)13-6;1-6-5-8-9(13-6)4-3-7(10(8)12)11(14)15-2;1-5-2-6-3-7(10(13)14)8(11)4-9(6)12-5;1-12-8(11)6-3-2-5(10)4-7(6)9;1-4(6)5(7-2)8-3/h5-8,13,15H,1-4H3;2*3-5,13H,1-2H3;2-4,12H,1H3,(H,13,14);2-4H,10H2,1H3;5H,1-3H3. The first-order valence-corrected chi connectivity index (χ1v) is 26.3. The van der Waals surface area contributed by atoms with Gasteiger partial charge in [0.1, 0.15) is 0 Å². The smallest absolute Gasteiger partial charge is 0.339 e. The number of ketones is 1. The molecule has 0 saturated carbocycles. The molecule has 0 spiro atoms. The fraction of sp³-hybridized carbons (Fsp3) is 0.276. The first kappa shape index (κ1) is 69.9. The molecule has 0 radical (unpaired) electrons. The van der Waals surface area contributed by atoms with E-state index in [1.54, 1.807) is 68.8 Å². The highest BCUT2D eigenvalue weighted by Gasteiger charge is 2.19. The molecule has 83 heavy (non-hydrogen) atoms. The van der Waals surface area contributed by atoms with Gasteiger partial charge in [0.2, 0.25) is 6.29 Å². The Balaban J connectivity index is 0.000000265. The average Bonchev–Trinajstić information content (AvgIpc) is 4.29. The number of aromatic nitrogens is 3. The predicted octanol–water partition coefficient (Wildman–Crippen LogP) is 13.1. The largest absolute Gasteiger partial charge is 0.478 e. The van der Waals surface area contributed by atoms with Gasteiger partial charge in [0.05, 0.1) is 87.4 Å². The highest BCUT2D eigenvalue weighted by atomic mass is 35.5. The number of carbonyl (C=O) groups excluding carboxylic acids is 5. The number of benzene rings is 5. The number of carboxylic acids is 1. The highest BCUT2D eigenvalue weighted by molar-refractivity contribution is 6.38. The van der Waals surface area contributed by atoms with Crippen LogP contribution in [0.1, 0.15) is 82.7 Å². The maximum absolute atomic E-state index is 11.4. The summed E-state index contributed by atoms with van der Waals surface area (Å²) in [6.07, 6.45) is -1.06. The van der Waals surface area contributed by atoms with Gasteiger partial charge in [0.25, 0.3) is 0 Å². The second kappa shape index (κ2) is 33.7. The molecule has 8 rings (SSSR count). The number of esters is 4. The number of halogens is 5. The Hall–Kier alpha value is -7.37. The van der Waals surface area contributed by atoms with Gasteiger partial charge in [-0.3, -0.25) is 4.79 Å². The number of fused-ring (bicyclic) bond motifs is 3. The number of nitrogens with one attached hydrogen (secondary N) is 4. The van der Waals surface area contributed by atoms with Gasteiger partial charge in [0, 0.05) is 89.6 Å². The Morgan fingerprint density at radius 2 is 0.904 bits per heavy atom. The minimum atomic E-state index is -1.00. The first-order chi connectivity index (χ1) is 39.2. The molecule has 25 heteroatoms. The number of carbonyl (C=O) groups is 6. The second-order valence-electron chi connectivity index (χ2n) is 17.5. The number of anilines is 2. The van der Waals surface area contributed by atoms with Crippen molar-refractivity contribution in [1.82, 2.24) is 15.0 Å². The molecule has 0 bridgehead atoms. The number of nitrogen functional groups attached to an aromatic ring is 1. The van der Waals surface area contributed by atoms with Crippen LogP contribution in [0.4, 0.5) is 11.4 Å². The number of hydrogen-bond donors (Lipinski definition) is 6. The lowest BCUT2D eigenvalue weighted by molar-refractivity contribution is -0.154. The number of aromatic amines is 3. The van der Waals surface area contributed by atoms with Crippen molar-refractivity contribution < 1.29 is 71.8 Å². The number of aromatic carboxylic acids is 1. The molecule has 0 amide bonds. The van der Waals surface area contributed by atoms with Gasteiger partial charge < -0.3 is 69.0 Å². The van der Waals surface area contributed by atoms with Crippen molar-refractivity contribution in [3.05, 3.63) is 161 Å². The molecule has 3 heterocycles. The SMILES string of the molecule is COC(=O)c1cc2cc(C)[nH]c2cc1Cl.COC(=O)c1ccc(N)cc1Cl.COC(=O)c1ccc(NC(C)C(OC)OC)cc1Cl.COC(=O)c1ccc2[nH]c(C)cc2c1Cl.COC(OC)C(C)=O.Cc1cc2cc(C(=O)O)c(Cl)cc2[nH]1. The molecule has 3 aromatic heterocycles. The fourth-order valence-electron chi connectivity index (χ4n) is 7.56. The van der Waals surface area contributed by atoms with Crippen molar-refractivity contribution in [2.45, 2.75) is 53.2 Å². The zero-order chi connectivity index (χ0) is 62.4. The van der Waals surface area contributed by atoms with E-state index in [0.717, 1.165) is 55.5 Å². The van der Waals surface area contributed by atoms with Crippen molar-refractivity contribution >= 4 is 138 Å². The van der Waals surface area contributed by atoms with Crippen LogP contribution in [0.3, 0.4) is 0 Å². The molecule has 7 N–H and O–H groups in total. The third-order valence-electron chi connectivity index (χ3n) is 11.4. The maximum atomic E-state index is 11.4. The lowest BCUT2D eigenvalue weighted by Crippen LogP contribution is -2.33. The first-order valence-electron chi connectivity index (χ1n) is 24.4. The van der Waals surface area contributed by atoms with Crippen LogP contribution in [0, 0.1) is 20.8 Å². The zero-order valence-corrected chi connectivity index (χ0v) is 51.3. The van der Waals surface area contributed by atoms with Crippen LogP contribution in [0.5, 0.6) is 0 Å². The average molecular weight is 1250 g/mol. The van der Waals surface area contributed by atoms with E-state index < -0.39 is 36.1 Å². The van der Waals surface area contributed by atoms with Gasteiger partial charge in [-0.25, -0.2) is 24.0 Å². The fourth-order valence-corrected chi connectivity index (χ4v) is 8.86. The maximum Gasteiger partial charge on any atom is 0.339 e. The molecule has 5 aromatic carbocycles. The molecule has 0 aliphatic heterocycles. The van der Waals surface area contributed by atoms with E-state index in [0.29, 0.717) is 48.0 Å². The molecular weight excluding hydrogens is 1180 g/mol. The molecule has 20 nitrogen and oxygen atoms in total. The predicted molar refractivity (Wildman–Crippen MR) is 323 cm³/mol. The van der Waals surface area contributed by atoms with Crippen molar-refractivity contribution in [2.75, 3.05) is 67.9 Å². The van der Waals surface area contributed by atoms with Crippen LogP contribution in [0.25, 0.3) is 32.7 Å². The number of rotatable bonds is 13. The topological polar surface area (TPSA) is 282 Å². The number of H-pyrrole nitrogens is 3. The van der Waals surface area contributed by atoms with Gasteiger partial charge >= 0.3 is 29.8 Å². The van der Waals surface area contributed by atoms with Gasteiger partial charge in [0.15, 0.2) is 12.1 Å². The van der Waals surface area contributed by atoms with Crippen LogP contribution in [-0.4, -0.2) is 131 Å². The summed E-state index contributed by atoms with van der Waals surface area (Å²) < 4.78 is 37.9. The molecular formula is C58H64Cl5N5O15. The summed E-state index contributed by atoms with van der Waals surface area (Å²) in [4.78, 5) is 75.7. The summed E-state index contributed by atoms with van der Waals surface area (Å²) in [6.45, 7) is 9.13. The molecule has 0 aliphatic carbocycles. The summed E-state index contributed by atoms with van der Waals surface area (Å²) in [6, 6.07) is 25.5. The summed E-state index contributed by atoms with van der Waals surface area (Å²) in [5.41, 5.74) is 14.0. The number of methoxy groups -OCH3 is 8. The normalized spacial score (nSPS) is 10.8. The van der Waals surface area contributed by atoms with Gasteiger partial charge in [-0.1, -0.05) is 58.0 Å². The van der Waals surface area contributed by atoms with E-state index in [9.17, 15) is 28.8 Å². The Bertz CT molecular complexity index is 3520. The molecule has 8 aromatic rings. The molecule has 1 atom stereocenters. The quantitative estimate of drug-likeness (QED) is 0.0271. The minimum Gasteiger partial charge on any atom is -0.478 e. The molecule has 1 unspecified atom stereocenters. The van der Waals surface area contributed by atoms with E-state index in [4.69, 9.17) is 78.3 Å². The van der Waals surface area contributed by atoms with E-state index in [2.05, 4.69) is 48.7 Å². The number of carboxylic acid groups (broad SMARTS) is 1. The van der Waals surface area contributed by atoms with E-state index >= 15 is 0 Å². The van der Waals surface area contributed by atoms with Crippen molar-refractivity contribution in [1.29, 1.82) is 0 Å². The number of Topliss-reactive ketones (excluding diaryl/α,β-unsaturated/α-hetero) is 1. The molecule has 446 valence electrons. The van der Waals surface area contributed by atoms with Crippen molar-refractivity contribution in [3.8, 4) is 0 Å².